The lowest BCUT2D eigenvalue weighted by Gasteiger charge is -2.26. The molecule has 146 valence electrons. The molecule has 29 heavy (non-hydrogen) atoms. The maximum absolute atomic E-state index is 9.42. The summed E-state index contributed by atoms with van der Waals surface area (Å²) in [6.07, 6.45) is 6.53. The van der Waals surface area contributed by atoms with Gasteiger partial charge in [-0.3, -0.25) is 5.32 Å². The van der Waals surface area contributed by atoms with Crippen molar-refractivity contribution in [2.75, 3.05) is 16.8 Å². The summed E-state index contributed by atoms with van der Waals surface area (Å²) in [5.41, 5.74) is 13.8. The molecule has 9 nitrogen and oxygen atoms in total. The van der Waals surface area contributed by atoms with Gasteiger partial charge in [0, 0.05) is 5.56 Å². The Balaban J connectivity index is 1.78. The first-order valence-electron chi connectivity index (χ1n) is 9.36. The van der Waals surface area contributed by atoms with Gasteiger partial charge < -0.3 is 21.5 Å². The van der Waals surface area contributed by atoms with Gasteiger partial charge in [-0.05, 0) is 43.4 Å². The van der Waals surface area contributed by atoms with Crippen LogP contribution in [0.15, 0.2) is 29.3 Å². The molecule has 2 aromatic rings. The van der Waals surface area contributed by atoms with Gasteiger partial charge in [-0.25, -0.2) is 9.98 Å². The summed E-state index contributed by atoms with van der Waals surface area (Å²) in [7, 11) is 0. The minimum Gasteiger partial charge on any atom is -0.490 e. The molecule has 0 spiro atoms. The zero-order valence-electron chi connectivity index (χ0n) is 15.6. The number of aliphatic imine (C=N–C) groups is 1. The molecule has 1 fully saturated rings. The monoisotopic (exact) mass is 388 g/mol. The van der Waals surface area contributed by atoms with E-state index >= 15 is 0 Å². The molecule has 1 aliphatic heterocycles. The number of rotatable bonds is 3. The number of anilines is 3. The minimum atomic E-state index is -0.575. The van der Waals surface area contributed by atoms with E-state index in [0.717, 1.165) is 24.2 Å². The van der Waals surface area contributed by atoms with Crippen molar-refractivity contribution in [2.45, 2.75) is 37.8 Å². The van der Waals surface area contributed by atoms with Crippen molar-refractivity contribution >= 4 is 23.3 Å². The zero-order valence-corrected chi connectivity index (χ0v) is 15.6. The number of nitrogens with two attached hydrogens (primary N) is 2. The predicted octanol–water partition coefficient (Wildman–Crippen LogP) is 2.38. The Morgan fingerprint density at radius 1 is 1.21 bits per heavy atom. The molecule has 1 aromatic carbocycles. The summed E-state index contributed by atoms with van der Waals surface area (Å²) in [6, 6.07) is 9.03. The SMILES string of the molecule is N#CNC1=NC(c2cccc(OC3CCCC3)c2)c2c(nc(N)c(C#N)c2N)N1. The molecule has 1 atom stereocenters. The first-order valence-corrected chi connectivity index (χ1v) is 9.36. The lowest BCUT2D eigenvalue weighted by atomic mass is 9.95. The number of nitrogens with one attached hydrogen (secondary N) is 2. The number of nitrogen functional groups attached to an aromatic ring is 2. The maximum Gasteiger partial charge on any atom is 0.211 e. The second-order valence-corrected chi connectivity index (χ2v) is 7.00. The molecule has 1 unspecified atom stereocenters. The van der Waals surface area contributed by atoms with Crippen molar-refractivity contribution in [3.63, 3.8) is 0 Å². The van der Waals surface area contributed by atoms with Gasteiger partial charge in [0.15, 0.2) is 6.19 Å². The summed E-state index contributed by atoms with van der Waals surface area (Å²) < 4.78 is 6.11. The molecule has 1 aromatic heterocycles. The van der Waals surface area contributed by atoms with Gasteiger partial charge >= 0.3 is 0 Å². The predicted molar refractivity (Wildman–Crippen MR) is 109 cm³/mol. The molecule has 1 aliphatic carbocycles. The average Bonchev–Trinajstić information content (AvgIpc) is 3.21. The highest BCUT2D eigenvalue weighted by atomic mass is 16.5. The number of benzene rings is 1. The van der Waals surface area contributed by atoms with Gasteiger partial charge in [0.25, 0.3) is 0 Å². The Bertz CT molecular complexity index is 1060. The van der Waals surface area contributed by atoms with Gasteiger partial charge in [0.05, 0.1) is 11.8 Å². The van der Waals surface area contributed by atoms with E-state index in [4.69, 9.17) is 21.5 Å². The summed E-state index contributed by atoms with van der Waals surface area (Å²) in [5.74, 6) is 1.36. The third-order valence-electron chi connectivity index (χ3n) is 5.14. The van der Waals surface area contributed by atoms with E-state index in [1.807, 2.05) is 36.5 Å². The second kappa shape index (κ2) is 7.56. The van der Waals surface area contributed by atoms with Crippen molar-refractivity contribution in [3.05, 3.63) is 41.0 Å². The highest BCUT2D eigenvalue weighted by Crippen LogP contribution is 2.41. The molecule has 6 N–H and O–H groups in total. The molecule has 0 amide bonds. The molecule has 9 heteroatoms. The van der Waals surface area contributed by atoms with Gasteiger partial charge in [-0.1, -0.05) is 12.1 Å². The molecule has 1 saturated carbocycles. The second-order valence-electron chi connectivity index (χ2n) is 7.00. The number of hydrogen-bond donors (Lipinski definition) is 4. The lowest BCUT2D eigenvalue weighted by molar-refractivity contribution is 0.210. The maximum atomic E-state index is 9.42. The number of guanidine groups is 1. The number of fused-ring (bicyclic) bond motifs is 1. The third-order valence-corrected chi connectivity index (χ3v) is 5.14. The molecule has 0 bridgehead atoms. The number of ether oxygens (including phenoxy) is 1. The van der Waals surface area contributed by atoms with E-state index in [1.54, 1.807) is 0 Å². The van der Waals surface area contributed by atoms with Gasteiger partial charge in [-0.15, -0.1) is 0 Å². The summed E-state index contributed by atoms with van der Waals surface area (Å²) in [5, 5.41) is 23.8. The Kier molecular flexibility index (Phi) is 4.80. The van der Waals surface area contributed by atoms with Crippen LogP contribution in [0.3, 0.4) is 0 Å². The van der Waals surface area contributed by atoms with Crippen LogP contribution in [0.2, 0.25) is 0 Å². The third kappa shape index (κ3) is 3.46. The molecular formula is C20H20N8O. The van der Waals surface area contributed by atoms with E-state index < -0.39 is 6.04 Å². The fourth-order valence-corrected chi connectivity index (χ4v) is 3.78. The smallest absolute Gasteiger partial charge is 0.211 e. The van der Waals surface area contributed by atoms with E-state index in [9.17, 15) is 5.26 Å². The molecular weight excluding hydrogens is 368 g/mol. The van der Waals surface area contributed by atoms with Crippen LogP contribution in [0.4, 0.5) is 17.3 Å². The number of pyridine rings is 1. The molecule has 0 radical (unpaired) electrons. The average molecular weight is 388 g/mol. The van der Waals surface area contributed by atoms with Crippen molar-refractivity contribution in [2.24, 2.45) is 4.99 Å². The van der Waals surface area contributed by atoms with Crippen LogP contribution in [0.1, 0.15) is 48.4 Å². The van der Waals surface area contributed by atoms with E-state index in [0.29, 0.717) is 11.4 Å². The first kappa shape index (κ1) is 18.4. The molecule has 4 rings (SSSR count). The highest BCUT2D eigenvalue weighted by Gasteiger charge is 2.30. The number of nitrogens with zero attached hydrogens (tertiary/aromatic N) is 4. The van der Waals surface area contributed by atoms with Crippen molar-refractivity contribution in [1.82, 2.24) is 10.3 Å². The quantitative estimate of drug-likeness (QED) is 0.461. The van der Waals surface area contributed by atoms with Gasteiger partial charge in [0.2, 0.25) is 5.96 Å². The van der Waals surface area contributed by atoms with Crippen LogP contribution in [0.5, 0.6) is 5.75 Å². The molecule has 0 saturated heterocycles. The standard InChI is InChI=1S/C20H20N8O/c21-9-14-16(23)15-17(26-20(25-10-22)28-19(15)27-18(14)24)11-4-3-7-13(8-11)29-12-5-1-2-6-12/h3-4,7-8,12,17H,1-2,5-6H2,(H6,23,24,25,26,27,28). The first-order chi connectivity index (χ1) is 14.1. The Morgan fingerprint density at radius 3 is 2.72 bits per heavy atom. The number of hydrogen-bond acceptors (Lipinski definition) is 9. The van der Waals surface area contributed by atoms with E-state index in [-0.39, 0.29) is 29.1 Å². The van der Waals surface area contributed by atoms with Crippen LogP contribution in [0, 0.1) is 22.8 Å². The molecule has 2 aliphatic rings. The number of nitriles is 2. The van der Waals surface area contributed by atoms with Gasteiger partial charge in [-0.2, -0.15) is 10.5 Å². The van der Waals surface area contributed by atoms with Crippen LogP contribution in [0.25, 0.3) is 0 Å². The van der Waals surface area contributed by atoms with Crippen LogP contribution < -0.4 is 26.8 Å². The van der Waals surface area contributed by atoms with E-state index in [2.05, 4.69) is 20.6 Å². The van der Waals surface area contributed by atoms with Crippen LogP contribution in [-0.2, 0) is 0 Å². The Morgan fingerprint density at radius 2 is 2.00 bits per heavy atom. The van der Waals surface area contributed by atoms with Crippen molar-refractivity contribution in [1.29, 1.82) is 10.5 Å². The largest absolute Gasteiger partial charge is 0.490 e. The van der Waals surface area contributed by atoms with Crippen LogP contribution >= 0.6 is 0 Å². The van der Waals surface area contributed by atoms with Gasteiger partial charge in [0.1, 0.15) is 35.1 Å². The number of aromatic nitrogens is 1. The fourth-order valence-electron chi connectivity index (χ4n) is 3.78. The normalized spacial score (nSPS) is 18.0. The fraction of sp³-hybridized carbons (Fsp3) is 0.300. The van der Waals surface area contributed by atoms with Crippen molar-refractivity contribution in [3.8, 4) is 18.0 Å². The summed E-state index contributed by atoms with van der Waals surface area (Å²) >= 11 is 0. The Labute approximate surface area is 168 Å². The van der Waals surface area contributed by atoms with Crippen molar-refractivity contribution < 1.29 is 4.74 Å². The summed E-state index contributed by atoms with van der Waals surface area (Å²) in [6.45, 7) is 0. The highest BCUT2D eigenvalue weighted by molar-refractivity contribution is 5.98. The Hall–Kier alpha value is -3.98. The van der Waals surface area contributed by atoms with E-state index in [1.165, 1.54) is 12.8 Å². The lowest BCUT2D eigenvalue weighted by Crippen LogP contribution is -2.32. The van der Waals surface area contributed by atoms with Crippen LogP contribution in [-0.4, -0.2) is 17.0 Å². The molecule has 2 heterocycles. The summed E-state index contributed by atoms with van der Waals surface area (Å²) in [4.78, 5) is 8.83. The zero-order chi connectivity index (χ0) is 20.4. The minimum absolute atomic E-state index is 0.0199. The topological polar surface area (TPSA) is 158 Å².